The number of nitrogens with zero attached hydrogens (tertiary/aromatic N) is 3. The molecule has 0 fully saturated rings. The number of aryl methyl sites for hydroxylation is 1. The van der Waals surface area contributed by atoms with Gasteiger partial charge >= 0.3 is 6.01 Å². The van der Waals surface area contributed by atoms with Crippen LogP contribution in [0.25, 0.3) is 0 Å². The first-order valence-corrected chi connectivity index (χ1v) is 4.24. The lowest BCUT2D eigenvalue weighted by atomic mass is 10.3. The molecule has 0 amide bonds. The lowest BCUT2D eigenvalue weighted by molar-refractivity contribution is 0.191. The third-order valence-electron chi connectivity index (χ3n) is 1.53. The first kappa shape index (κ1) is 11.2. The van der Waals surface area contributed by atoms with Crippen molar-refractivity contribution in [2.75, 3.05) is 13.2 Å². The highest BCUT2D eigenvalue weighted by Gasteiger charge is 2.06. The summed E-state index contributed by atoms with van der Waals surface area (Å²) < 4.78 is 5.01. The molecule has 0 saturated carbocycles. The van der Waals surface area contributed by atoms with Crippen molar-refractivity contribution in [2.24, 2.45) is 10.9 Å². The van der Waals surface area contributed by atoms with E-state index in [-0.39, 0.29) is 30.8 Å². The Bertz CT molecular complexity index is 367. The second kappa shape index (κ2) is 5.11. The average Bonchev–Trinajstić information content (AvgIpc) is 2.24. The van der Waals surface area contributed by atoms with Crippen LogP contribution in [0.4, 0.5) is 0 Å². The molecule has 0 atom stereocenters. The molecule has 0 aliphatic heterocycles. The van der Waals surface area contributed by atoms with Gasteiger partial charge in [-0.3, -0.25) is 0 Å². The maximum Gasteiger partial charge on any atom is 0.317 e. The van der Waals surface area contributed by atoms with E-state index in [1.807, 2.05) is 0 Å². The molecule has 15 heavy (non-hydrogen) atoms. The summed E-state index contributed by atoms with van der Waals surface area (Å²) in [5, 5.41) is 19.8. The zero-order valence-electron chi connectivity index (χ0n) is 8.21. The largest absolute Gasteiger partial charge is 0.461 e. The molecule has 1 aromatic heterocycles. The van der Waals surface area contributed by atoms with E-state index in [2.05, 4.69) is 15.1 Å². The van der Waals surface area contributed by atoms with Crippen molar-refractivity contribution in [3.05, 3.63) is 17.5 Å². The molecule has 0 radical (unpaired) electrons. The summed E-state index contributed by atoms with van der Waals surface area (Å²) in [7, 11) is 0. The summed E-state index contributed by atoms with van der Waals surface area (Å²) in [6, 6.07) is 1.64. The molecular weight excluding hydrogens is 200 g/mol. The molecule has 1 aromatic rings. The van der Waals surface area contributed by atoms with Gasteiger partial charge in [0.05, 0.1) is 6.61 Å². The zero-order chi connectivity index (χ0) is 11.3. The molecule has 1 heterocycles. The van der Waals surface area contributed by atoms with Crippen LogP contribution in [0.3, 0.4) is 0 Å². The molecule has 0 saturated heterocycles. The van der Waals surface area contributed by atoms with Gasteiger partial charge in [-0.1, -0.05) is 5.16 Å². The molecule has 0 aliphatic rings. The number of rotatable bonds is 4. The van der Waals surface area contributed by atoms with Crippen molar-refractivity contribution < 1.29 is 15.1 Å². The highest BCUT2D eigenvalue weighted by molar-refractivity contribution is 5.95. The average molecular weight is 212 g/mol. The smallest absolute Gasteiger partial charge is 0.317 e. The predicted octanol–water partition coefficient (Wildman–Crippen LogP) is -0.749. The second-order valence-electron chi connectivity index (χ2n) is 2.73. The molecule has 0 bridgehead atoms. The fourth-order valence-electron chi connectivity index (χ4n) is 0.925. The Morgan fingerprint density at radius 3 is 2.93 bits per heavy atom. The zero-order valence-corrected chi connectivity index (χ0v) is 8.21. The van der Waals surface area contributed by atoms with E-state index >= 15 is 0 Å². The van der Waals surface area contributed by atoms with Gasteiger partial charge in [0.25, 0.3) is 0 Å². The minimum Gasteiger partial charge on any atom is -0.461 e. The summed E-state index contributed by atoms with van der Waals surface area (Å²) in [4.78, 5) is 7.83. The summed E-state index contributed by atoms with van der Waals surface area (Å²) in [5.74, 6) is -0.116. The first-order valence-electron chi connectivity index (χ1n) is 4.24. The molecule has 0 aromatic carbocycles. The topological polar surface area (TPSA) is 114 Å². The molecule has 0 spiro atoms. The van der Waals surface area contributed by atoms with E-state index in [0.717, 1.165) is 0 Å². The summed E-state index contributed by atoms with van der Waals surface area (Å²) in [5.41, 5.74) is 6.27. The standard InChI is InChI=1S/C8H12N4O3/c1-5-4-6(7(9)12-14)11-8(10-5)15-3-2-13/h4,13-14H,2-3H2,1H3,(H2,9,12). The molecule has 7 heteroatoms. The van der Waals surface area contributed by atoms with Gasteiger partial charge in [0.2, 0.25) is 0 Å². The van der Waals surface area contributed by atoms with Gasteiger partial charge < -0.3 is 20.8 Å². The van der Waals surface area contributed by atoms with Crippen LogP contribution in [0.5, 0.6) is 6.01 Å². The Kier molecular flexibility index (Phi) is 3.81. The Morgan fingerprint density at radius 2 is 2.33 bits per heavy atom. The summed E-state index contributed by atoms with van der Waals surface area (Å²) in [6.45, 7) is 1.69. The highest BCUT2D eigenvalue weighted by Crippen LogP contribution is 2.06. The Hall–Kier alpha value is -1.89. The fourth-order valence-corrected chi connectivity index (χ4v) is 0.925. The molecule has 0 aliphatic carbocycles. The van der Waals surface area contributed by atoms with Gasteiger partial charge in [-0.25, -0.2) is 4.98 Å². The minimum absolute atomic E-state index is 0.0886. The third kappa shape index (κ3) is 3.06. The lowest BCUT2D eigenvalue weighted by Crippen LogP contribution is -2.17. The number of hydrogen-bond donors (Lipinski definition) is 3. The van der Waals surface area contributed by atoms with E-state index in [9.17, 15) is 0 Å². The van der Waals surface area contributed by atoms with Crippen molar-refractivity contribution in [3.8, 4) is 6.01 Å². The number of nitrogens with two attached hydrogens (primary N) is 1. The van der Waals surface area contributed by atoms with Crippen molar-refractivity contribution in [1.82, 2.24) is 9.97 Å². The number of amidine groups is 1. The van der Waals surface area contributed by atoms with Crippen LogP contribution in [0, 0.1) is 6.92 Å². The maximum absolute atomic E-state index is 8.55. The van der Waals surface area contributed by atoms with E-state index in [0.29, 0.717) is 5.69 Å². The van der Waals surface area contributed by atoms with Crippen LogP contribution in [-0.2, 0) is 0 Å². The lowest BCUT2D eigenvalue weighted by Gasteiger charge is -2.05. The van der Waals surface area contributed by atoms with E-state index < -0.39 is 0 Å². The number of oxime groups is 1. The van der Waals surface area contributed by atoms with Crippen LogP contribution in [0.15, 0.2) is 11.2 Å². The number of ether oxygens (including phenoxy) is 1. The van der Waals surface area contributed by atoms with E-state index in [1.54, 1.807) is 13.0 Å². The number of aliphatic hydroxyl groups is 1. The van der Waals surface area contributed by atoms with Crippen LogP contribution in [0.2, 0.25) is 0 Å². The first-order chi connectivity index (χ1) is 7.17. The molecule has 1 rings (SSSR count). The van der Waals surface area contributed by atoms with Gasteiger partial charge in [-0.15, -0.1) is 0 Å². The summed E-state index contributed by atoms with van der Waals surface area (Å²) in [6.07, 6.45) is 0. The third-order valence-corrected chi connectivity index (χ3v) is 1.53. The number of aliphatic hydroxyl groups excluding tert-OH is 1. The molecule has 4 N–H and O–H groups in total. The minimum atomic E-state index is -0.129. The highest BCUT2D eigenvalue weighted by atomic mass is 16.5. The van der Waals surface area contributed by atoms with Gasteiger partial charge in [-0.05, 0) is 13.0 Å². The van der Waals surface area contributed by atoms with E-state index in [1.165, 1.54) is 0 Å². The Balaban J connectivity index is 2.94. The normalized spacial score (nSPS) is 11.5. The molecule has 7 nitrogen and oxygen atoms in total. The van der Waals surface area contributed by atoms with Crippen LogP contribution in [-0.4, -0.2) is 39.3 Å². The van der Waals surface area contributed by atoms with Crippen LogP contribution >= 0.6 is 0 Å². The molecule has 82 valence electrons. The predicted molar refractivity (Wildman–Crippen MR) is 51.9 cm³/mol. The maximum atomic E-state index is 8.55. The Labute approximate surface area is 86.2 Å². The molecular formula is C8H12N4O3. The quantitative estimate of drug-likeness (QED) is 0.262. The van der Waals surface area contributed by atoms with Crippen LogP contribution in [0.1, 0.15) is 11.4 Å². The van der Waals surface area contributed by atoms with Crippen molar-refractivity contribution in [1.29, 1.82) is 0 Å². The number of hydrogen-bond acceptors (Lipinski definition) is 6. The Morgan fingerprint density at radius 1 is 1.60 bits per heavy atom. The van der Waals surface area contributed by atoms with Crippen molar-refractivity contribution in [2.45, 2.75) is 6.92 Å². The van der Waals surface area contributed by atoms with E-state index in [4.69, 9.17) is 20.8 Å². The SMILES string of the molecule is Cc1cc(/C(N)=N/O)nc(OCCO)n1. The second-order valence-corrected chi connectivity index (χ2v) is 2.73. The van der Waals surface area contributed by atoms with Gasteiger partial charge in [-0.2, -0.15) is 4.98 Å². The molecule has 0 unspecified atom stereocenters. The van der Waals surface area contributed by atoms with Gasteiger partial charge in [0.15, 0.2) is 5.84 Å². The van der Waals surface area contributed by atoms with Gasteiger partial charge in [0, 0.05) is 5.69 Å². The number of aromatic nitrogens is 2. The van der Waals surface area contributed by atoms with Crippen molar-refractivity contribution >= 4 is 5.84 Å². The monoisotopic (exact) mass is 212 g/mol. The fraction of sp³-hybridized carbons (Fsp3) is 0.375. The van der Waals surface area contributed by atoms with Crippen LogP contribution < -0.4 is 10.5 Å². The van der Waals surface area contributed by atoms with Crippen molar-refractivity contribution in [3.63, 3.8) is 0 Å². The van der Waals surface area contributed by atoms with Gasteiger partial charge in [0.1, 0.15) is 12.3 Å². The summed E-state index contributed by atoms with van der Waals surface area (Å²) >= 11 is 0.